The summed E-state index contributed by atoms with van der Waals surface area (Å²) in [6.07, 6.45) is 5.01. The number of pyridine rings is 1. The molecule has 2 rings (SSSR count). The van der Waals surface area contributed by atoms with Crippen molar-refractivity contribution in [3.8, 4) is 0 Å². The van der Waals surface area contributed by atoms with Crippen LogP contribution in [0.3, 0.4) is 0 Å². The second-order valence-electron chi connectivity index (χ2n) is 4.89. The minimum atomic E-state index is -0.00346. The fourth-order valence-corrected chi connectivity index (χ4v) is 1.92. The van der Waals surface area contributed by atoms with Crippen LogP contribution in [0.25, 0.3) is 6.08 Å². The first-order valence-electron chi connectivity index (χ1n) is 6.52. The number of carbonyl (C=O) groups is 1. The SMILES string of the molecule is CN(C)Cc1cccc(C(=O)/C=C/c2ccccn2)c1. The molecule has 0 spiro atoms. The van der Waals surface area contributed by atoms with Crippen LogP contribution in [0.4, 0.5) is 0 Å². The van der Waals surface area contributed by atoms with Crippen LogP contribution in [0.15, 0.2) is 54.7 Å². The lowest BCUT2D eigenvalue weighted by Crippen LogP contribution is -2.11. The molecule has 102 valence electrons. The third kappa shape index (κ3) is 4.14. The predicted molar refractivity (Wildman–Crippen MR) is 81.4 cm³/mol. The van der Waals surface area contributed by atoms with Gasteiger partial charge in [-0.05, 0) is 50.0 Å². The van der Waals surface area contributed by atoms with Crippen molar-refractivity contribution >= 4 is 11.9 Å². The number of benzene rings is 1. The predicted octanol–water partition coefficient (Wildman–Crippen LogP) is 3.04. The molecule has 0 atom stereocenters. The first-order valence-corrected chi connectivity index (χ1v) is 6.52. The topological polar surface area (TPSA) is 33.2 Å². The van der Waals surface area contributed by atoms with Gasteiger partial charge in [-0.25, -0.2) is 0 Å². The first kappa shape index (κ1) is 14.2. The van der Waals surface area contributed by atoms with E-state index in [1.807, 2.05) is 56.6 Å². The molecule has 0 aliphatic heterocycles. The van der Waals surface area contributed by atoms with Crippen molar-refractivity contribution < 1.29 is 4.79 Å². The summed E-state index contributed by atoms with van der Waals surface area (Å²) < 4.78 is 0. The fourth-order valence-electron chi connectivity index (χ4n) is 1.92. The Morgan fingerprint density at radius 3 is 2.75 bits per heavy atom. The Hall–Kier alpha value is -2.26. The third-order valence-corrected chi connectivity index (χ3v) is 2.80. The van der Waals surface area contributed by atoms with Crippen molar-refractivity contribution in [3.05, 3.63) is 71.6 Å². The highest BCUT2D eigenvalue weighted by Crippen LogP contribution is 2.09. The zero-order valence-electron chi connectivity index (χ0n) is 11.8. The van der Waals surface area contributed by atoms with Gasteiger partial charge in [0.15, 0.2) is 5.78 Å². The molecule has 0 saturated heterocycles. The molecule has 3 heteroatoms. The first-order chi connectivity index (χ1) is 9.65. The number of hydrogen-bond donors (Lipinski definition) is 0. The van der Waals surface area contributed by atoms with E-state index in [0.717, 1.165) is 17.8 Å². The highest BCUT2D eigenvalue weighted by molar-refractivity contribution is 6.06. The molecule has 0 unspecified atom stereocenters. The van der Waals surface area contributed by atoms with Crippen LogP contribution in [-0.4, -0.2) is 29.8 Å². The largest absolute Gasteiger partial charge is 0.305 e. The average Bonchev–Trinajstić information content (AvgIpc) is 2.45. The lowest BCUT2D eigenvalue weighted by atomic mass is 10.1. The Kier molecular flexibility index (Phi) is 4.80. The lowest BCUT2D eigenvalue weighted by molar-refractivity contribution is 0.104. The van der Waals surface area contributed by atoms with E-state index in [1.54, 1.807) is 18.3 Å². The van der Waals surface area contributed by atoms with Gasteiger partial charge < -0.3 is 4.90 Å². The number of aromatic nitrogens is 1. The Balaban J connectivity index is 2.11. The summed E-state index contributed by atoms with van der Waals surface area (Å²) in [7, 11) is 4.02. The van der Waals surface area contributed by atoms with Crippen molar-refractivity contribution in [1.29, 1.82) is 0 Å². The molecule has 0 amide bonds. The summed E-state index contributed by atoms with van der Waals surface area (Å²) in [6.45, 7) is 0.824. The van der Waals surface area contributed by atoms with Crippen molar-refractivity contribution in [1.82, 2.24) is 9.88 Å². The maximum atomic E-state index is 12.1. The van der Waals surface area contributed by atoms with Crippen LogP contribution >= 0.6 is 0 Å². The lowest BCUT2D eigenvalue weighted by Gasteiger charge is -2.09. The molecular formula is C17H18N2O. The van der Waals surface area contributed by atoms with E-state index >= 15 is 0 Å². The van der Waals surface area contributed by atoms with E-state index in [9.17, 15) is 4.79 Å². The standard InChI is InChI=1S/C17H18N2O/c1-19(2)13-14-6-5-7-15(12-14)17(20)10-9-16-8-3-4-11-18-16/h3-12H,13H2,1-2H3/b10-9+. The number of ketones is 1. The monoisotopic (exact) mass is 266 g/mol. The van der Waals surface area contributed by atoms with Gasteiger partial charge in [0.05, 0.1) is 5.69 Å². The summed E-state index contributed by atoms with van der Waals surface area (Å²) in [5.74, 6) is -0.00346. The molecule has 1 aromatic carbocycles. The summed E-state index contributed by atoms with van der Waals surface area (Å²) in [4.78, 5) is 18.4. The van der Waals surface area contributed by atoms with Gasteiger partial charge >= 0.3 is 0 Å². The molecule has 20 heavy (non-hydrogen) atoms. The number of rotatable bonds is 5. The Morgan fingerprint density at radius 2 is 2.05 bits per heavy atom. The molecule has 0 radical (unpaired) electrons. The molecule has 0 N–H and O–H groups in total. The number of carbonyl (C=O) groups excluding carboxylic acids is 1. The highest BCUT2D eigenvalue weighted by Gasteiger charge is 2.03. The van der Waals surface area contributed by atoms with E-state index in [2.05, 4.69) is 9.88 Å². The van der Waals surface area contributed by atoms with Gasteiger partial charge in [-0.15, -0.1) is 0 Å². The minimum absolute atomic E-state index is 0.00346. The second kappa shape index (κ2) is 6.78. The fraction of sp³-hybridized carbons (Fsp3) is 0.176. The maximum absolute atomic E-state index is 12.1. The molecule has 0 saturated carbocycles. The van der Waals surface area contributed by atoms with Crippen LogP contribution in [0.5, 0.6) is 0 Å². The zero-order chi connectivity index (χ0) is 14.4. The Bertz CT molecular complexity index is 603. The molecule has 0 aliphatic carbocycles. The highest BCUT2D eigenvalue weighted by atomic mass is 16.1. The molecule has 1 aromatic heterocycles. The Labute approximate surface area is 119 Å². The Morgan fingerprint density at radius 1 is 1.20 bits per heavy atom. The second-order valence-corrected chi connectivity index (χ2v) is 4.89. The van der Waals surface area contributed by atoms with E-state index in [-0.39, 0.29) is 5.78 Å². The molecule has 3 nitrogen and oxygen atoms in total. The number of hydrogen-bond acceptors (Lipinski definition) is 3. The van der Waals surface area contributed by atoms with Crippen molar-refractivity contribution in [2.24, 2.45) is 0 Å². The third-order valence-electron chi connectivity index (χ3n) is 2.80. The van der Waals surface area contributed by atoms with Crippen LogP contribution < -0.4 is 0 Å². The van der Waals surface area contributed by atoms with Crippen LogP contribution in [-0.2, 0) is 6.54 Å². The molecular weight excluding hydrogens is 248 g/mol. The van der Waals surface area contributed by atoms with E-state index < -0.39 is 0 Å². The average molecular weight is 266 g/mol. The van der Waals surface area contributed by atoms with Crippen LogP contribution in [0.1, 0.15) is 21.6 Å². The summed E-state index contributed by atoms with van der Waals surface area (Å²) in [6, 6.07) is 13.3. The summed E-state index contributed by atoms with van der Waals surface area (Å²) in [5, 5.41) is 0. The van der Waals surface area contributed by atoms with Crippen LogP contribution in [0, 0.1) is 0 Å². The van der Waals surface area contributed by atoms with Crippen LogP contribution in [0.2, 0.25) is 0 Å². The molecule has 0 fully saturated rings. The zero-order valence-corrected chi connectivity index (χ0v) is 11.8. The molecule has 0 bridgehead atoms. The summed E-state index contributed by atoms with van der Waals surface area (Å²) in [5.41, 5.74) is 2.62. The molecule has 0 aliphatic rings. The van der Waals surface area contributed by atoms with Gasteiger partial charge in [0.2, 0.25) is 0 Å². The van der Waals surface area contributed by atoms with Gasteiger partial charge in [0, 0.05) is 18.3 Å². The smallest absolute Gasteiger partial charge is 0.185 e. The maximum Gasteiger partial charge on any atom is 0.185 e. The molecule has 2 aromatic rings. The van der Waals surface area contributed by atoms with E-state index in [0.29, 0.717) is 5.56 Å². The number of nitrogens with zero attached hydrogens (tertiary/aromatic N) is 2. The minimum Gasteiger partial charge on any atom is -0.305 e. The van der Waals surface area contributed by atoms with Gasteiger partial charge in [-0.2, -0.15) is 0 Å². The van der Waals surface area contributed by atoms with Gasteiger partial charge in [0.25, 0.3) is 0 Å². The van der Waals surface area contributed by atoms with Crippen molar-refractivity contribution in [2.75, 3.05) is 14.1 Å². The summed E-state index contributed by atoms with van der Waals surface area (Å²) >= 11 is 0. The van der Waals surface area contributed by atoms with Gasteiger partial charge in [-0.3, -0.25) is 9.78 Å². The molecule has 1 heterocycles. The quantitative estimate of drug-likeness (QED) is 0.616. The van der Waals surface area contributed by atoms with Gasteiger partial charge in [-0.1, -0.05) is 24.3 Å². The normalized spacial score (nSPS) is 11.2. The van der Waals surface area contributed by atoms with Crippen molar-refractivity contribution in [2.45, 2.75) is 6.54 Å². The van der Waals surface area contributed by atoms with E-state index in [1.165, 1.54) is 0 Å². The number of allylic oxidation sites excluding steroid dienone is 1. The van der Waals surface area contributed by atoms with Crippen molar-refractivity contribution in [3.63, 3.8) is 0 Å². The van der Waals surface area contributed by atoms with E-state index in [4.69, 9.17) is 0 Å². The van der Waals surface area contributed by atoms with Gasteiger partial charge in [0.1, 0.15) is 0 Å².